The summed E-state index contributed by atoms with van der Waals surface area (Å²) >= 11 is 2.21. The lowest BCUT2D eigenvalue weighted by atomic mass is 10.3. The van der Waals surface area contributed by atoms with Gasteiger partial charge in [0, 0.05) is 27.9 Å². The molecule has 1 aliphatic heterocycles. The summed E-state index contributed by atoms with van der Waals surface area (Å²) < 4.78 is 6.60. The highest BCUT2D eigenvalue weighted by atomic mass is 127. The number of carbonyl (C=O) groups excluding carboxylic acids is 2. The molecular formula is C18H17IN2O3. The lowest BCUT2D eigenvalue weighted by Crippen LogP contribution is -2.23. The maximum atomic E-state index is 11.9. The SMILES string of the molecule is O=C(COc1ccc(N2CCCC2=O)cc1)Nc1ccc(I)cc1. The van der Waals surface area contributed by atoms with Gasteiger partial charge < -0.3 is 15.0 Å². The van der Waals surface area contributed by atoms with Gasteiger partial charge in [0.2, 0.25) is 5.91 Å². The van der Waals surface area contributed by atoms with Crippen molar-refractivity contribution in [3.05, 3.63) is 52.1 Å². The Labute approximate surface area is 154 Å². The van der Waals surface area contributed by atoms with E-state index in [0.717, 1.165) is 27.9 Å². The largest absolute Gasteiger partial charge is 0.484 e. The van der Waals surface area contributed by atoms with Crippen LogP contribution in [-0.4, -0.2) is 25.0 Å². The van der Waals surface area contributed by atoms with E-state index in [0.29, 0.717) is 12.2 Å². The number of nitrogens with zero attached hydrogens (tertiary/aromatic N) is 1. The van der Waals surface area contributed by atoms with Crippen molar-refractivity contribution in [1.82, 2.24) is 0 Å². The third kappa shape index (κ3) is 4.25. The van der Waals surface area contributed by atoms with Crippen molar-refractivity contribution in [2.45, 2.75) is 12.8 Å². The fraction of sp³-hybridized carbons (Fsp3) is 0.222. The lowest BCUT2D eigenvalue weighted by molar-refractivity contribution is -0.118. The van der Waals surface area contributed by atoms with E-state index in [1.807, 2.05) is 36.4 Å². The van der Waals surface area contributed by atoms with Crippen LogP contribution in [0.4, 0.5) is 11.4 Å². The number of nitrogens with one attached hydrogen (secondary N) is 1. The summed E-state index contributed by atoms with van der Waals surface area (Å²) in [5.74, 6) is 0.540. The minimum absolute atomic E-state index is 0.0615. The van der Waals surface area contributed by atoms with Gasteiger partial charge in [0.1, 0.15) is 5.75 Å². The Bertz CT molecular complexity index is 729. The highest BCUT2D eigenvalue weighted by molar-refractivity contribution is 14.1. The summed E-state index contributed by atoms with van der Waals surface area (Å²) in [6.45, 7) is 0.700. The van der Waals surface area contributed by atoms with Crippen LogP contribution in [0.15, 0.2) is 48.5 Å². The Kier molecular flexibility index (Phi) is 5.34. The van der Waals surface area contributed by atoms with Crippen molar-refractivity contribution in [3.63, 3.8) is 0 Å². The molecule has 2 aromatic rings. The van der Waals surface area contributed by atoms with Crippen LogP contribution in [0.2, 0.25) is 0 Å². The van der Waals surface area contributed by atoms with E-state index in [-0.39, 0.29) is 18.4 Å². The van der Waals surface area contributed by atoms with Crippen molar-refractivity contribution < 1.29 is 14.3 Å². The Morgan fingerprint density at radius 3 is 2.46 bits per heavy atom. The third-order valence-corrected chi connectivity index (χ3v) is 4.44. The minimum atomic E-state index is -0.213. The van der Waals surface area contributed by atoms with Crippen LogP contribution in [0.1, 0.15) is 12.8 Å². The van der Waals surface area contributed by atoms with Crippen molar-refractivity contribution in [3.8, 4) is 5.75 Å². The molecular weight excluding hydrogens is 419 g/mol. The molecule has 2 amide bonds. The van der Waals surface area contributed by atoms with Crippen LogP contribution >= 0.6 is 22.6 Å². The van der Waals surface area contributed by atoms with Crippen LogP contribution in [-0.2, 0) is 9.59 Å². The molecule has 1 fully saturated rings. The predicted molar refractivity (Wildman–Crippen MR) is 101 cm³/mol. The molecule has 1 aliphatic rings. The van der Waals surface area contributed by atoms with E-state index in [9.17, 15) is 9.59 Å². The average Bonchev–Trinajstić information content (AvgIpc) is 3.02. The summed E-state index contributed by atoms with van der Waals surface area (Å²) in [4.78, 5) is 25.4. The Morgan fingerprint density at radius 1 is 1.12 bits per heavy atom. The maximum Gasteiger partial charge on any atom is 0.262 e. The first-order valence-corrected chi connectivity index (χ1v) is 8.78. The molecule has 0 radical (unpaired) electrons. The predicted octanol–water partition coefficient (Wildman–Crippen LogP) is 3.44. The number of ether oxygens (including phenoxy) is 1. The molecule has 0 atom stereocenters. The molecule has 0 spiro atoms. The number of hydrogen-bond acceptors (Lipinski definition) is 3. The van der Waals surface area contributed by atoms with E-state index >= 15 is 0 Å². The molecule has 5 nitrogen and oxygen atoms in total. The van der Waals surface area contributed by atoms with Crippen LogP contribution in [0.25, 0.3) is 0 Å². The second-order valence-electron chi connectivity index (χ2n) is 5.49. The minimum Gasteiger partial charge on any atom is -0.484 e. The monoisotopic (exact) mass is 436 g/mol. The molecule has 2 aromatic carbocycles. The van der Waals surface area contributed by atoms with Crippen molar-refractivity contribution >= 4 is 45.8 Å². The molecule has 0 aromatic heterocycles. The van der Waals surface area contributed by atoms with Crippen molar-refractivity contribution in [2.24, 2.45) is 0 Å². The van der Waals surface area contributed by atoms with Gasteiger partial charge in [0.05, 0.1) is 0 Å². The van der Waals surface area contributed by atoms with Gasteiger partial charge in [-0.05, 0) is 77.5 Å². The molecule has 0 bridgehead atoms. The van der Waals surface area contributed by atoms with Gasteiger partial charge in [-0.3, -0.25) is 9.59 Å². The topological polar surface area (TPSA) is 58.6 Å². The van der Waals surface area contributed by atoms with Gasteiger partial charge in [-0.2, -0.15) is 0 Å². The lowest BCUT2D eigenvalue weighted by Gasteiger charge is -2.16. The standard InChI is InChI=1S/C18H17IN2O3/c19-13-3-5-14(6-4-13)20-17(22)12-24-16-9-7-15(8-10-16)21-11-1-2-18(21)23/h3-10H,1-2,11-12H2,(H,20,22). The van der Waals surface area contributed by atoms with Crippen LogP contribution in [0.3, 0.4) is 0 Å². The van der Waals surface area contributed by atoms with Gasteiger partial charge in [-0.15, -0.1) is 0 Å². The normalized spacial score (nSPS) is 13.9. The van der Waals surface area contributed by atoms with E-state index < -0.39 is 0 Å². The first-order chi connectivity index (χ1) is 11.6. The van der Waals surface area contributed by atoms with Crippen molar-refractivity contribution in [2.75, 3.05) is 23.4 Å². The fourth-order valence-corrected chi connectivity index (χ4v) is 2.88. The molecule has 3 rings (SSSR count). The Balaban J connectivity index is 1.51. The van der Waals surface area contributed by atoms with Gasteiger partial charge in [-0.25, -0.2) is 0 Å². The zero-order chi connectivity index (χ0) is 16.9. The van der Waals surface area contributed by atoms with Crippen LogP contribution < -0.4 is 15.0 Å². The molecule has 1 N–H and O–H groups in total. The van der Waals surface area contributed by atoms with E-state index in [1.54, 1.807) is 17.0 Å². The smallest absolute Gasteiger partial charge is 0.262 e. The van der Waals surface area contributed by atoms with E-state index in [2.05, 4.69) is 27.9 Å². The van der Waals surface area contributed by atoms with Gasteiger partial charge in [-0.1, -0.05) is 0 Å². The fourth-order valence-electron chi connectivity index (χ4n) is 2.52. The van der Waals surface area contributed by atoms with Gasteiger partial charge in [0.25, 0.3) is 5.91 Å². The molecule has 1 saturated heterocycles. The zero-order valence-electron chi connectivity index (χ0n) is 13.0. The zero-order valence-corrected chi connectivity index (χ0v) is 15.2. The highest BCUT2D eigenvalue weighted by Gasteiger charge is 2.21. The molecule has 24 heavy (non-hydrogen) atoms. The first kappa shape index (κ1) is 16.8. The molecule has 0 aliphatic carbocycles. The Hall–Kier alpha value is -2.09. The highest BCUT2D eigenvalue weighted by Crippen LogP contribution is 2.23. The summed E-state index contributed by atoms with van der Waals surface area (Å²) in [6.07, 6.45) is 1.51. The van der Waals surface area contributed by atoms with Crippen molar-refractivity contribution in [1.29, 1.82) is 0 Å². The molecule has 0 saturated carbocycles. The third-order valence-electron chi connectivity index (χ3n) is 3.72. The summed E-state index contributed by atoms with van der Waals surface area (Å²) in [5, 5.41) is 2.78. The summed E-state index contributed by atoms with van der Waals surface area (Å²) in [6, 6.07) is 14.8. The summed E-state index contributed by atoms with van der Waals surface area (Å²) in [5.41, 5.74) is 1.61. The summed E-state index contributed by atoms with van der Waals surface area (Å²) in [7, 11) is 0. The van der Waals surface area contributed by atoms with Gasteiger partial charge in [0.15, 0.2) is 6.61 Å². The number of rotatable bonds is 5. The maximum absolute atomic E-state index is 11.9. The second-order valence-corrected chi connectivity index (χ2v) is 6.73. The van der Waals surface area contributed by atoms with Crippen LogP contribution in [0.5, 0.6) is 5.75 Å². The first-order valence-electron chi connectivity index (χ1n) is 7.70. The number of hydrogen-bond donors (Lipinski definition) is 1. The van der Waals surface area contributed by atoms with Crippen LogP contribution in [0, 0.1) is 3.57 Å². The number of halogens is 1. The second kappa shape index (κ2) is 7.65. The number of amides is 2. The molecule has 0 unspecified atom stereocenters. The molecule has 1 heterocycles. The Morgan fingerprint density at radius 2 is 1.83 bits per heavy atom. The molecule has 124 valence electrons. The quantitative estimate of drug-likeness (QED) is 0.731. The average molecular weight is 436 g/mol. The number of benzene rings is 2. The van der Waals surface area contributed by atoms with E-state index in [4.69, 9.17) is 4.74 Å². The van der Waals surface area contributed by atoms with Gasteiger partial charge >= 0.3 is 0 Å². The molecule has 6 heteroatoms. The van der Waals surface area contributed by atoms with E-state index in [1.165, 1.54) is 0 Å². The number of carbonyl (C=O) groups is 2. The number of anilines is 2.